The molecule has 6 heteroatoms. The van der Waals surface area contributed by atoms with Gasteiger partial charge in [0, 0.05) is 19.0 Å². The lowest BCUT2D eigenvalue weighted by Gasteiger charge is -2.20. The molecule has 2 fully saturated rings. The van der Waals surface area contributed by atoms with Gasteiger partial charge in [-0.3, -0.25) is 0 Å². The van der Waals surface area contributed by atoms with Gasteiger partial charge in [0.25, 0.3) is 0 Å². The lowest BCUT2D eigenvalue weighted by atomic mass is 10.00. The van der Waals surface area contributed by atoms with Crippen LogP contribution in [0, 0.1) is 11.8 Å². The molecule has 0 radical (unpaired) electrons. The Morgan fingerprint density at radius 2 is 2.05 bits per heavy atom. The van der Waals surface area contributed by atoms with Crippen LogP contribution in [0.15, 0.2) is 16.8 Å². The summed E-state index contributed by atoms with van der Waals surface area (Å²) in [7, 11) is 0. The van der Waals surface area contributed by atoms with Gasteiger partial charge in [0.2, 0.25) is 0 Å². The van der Waals surface area contributed by atoms with Crippen molar-refractivity contribution in [3.63, 3.8) is 0 Å². The molecule has 2 aromatic rings. The molecule has 0 bridgehead atoms. The summed E-state index contributed by atoms with van der Waals surface area (Å²) in [5, 5.41) is 17.8. The smallest absolute Gasteiger partial charge is 0.160 e. The van der Waals surface area contributed by atoms with Gasteiger partial charge in [-0.15, -0.1) is 0 Å². The van der Waals surface area contributed by atoms with Crippen LogP contribution in [0.2, 0.25) is 0 Å². The Morgan fingerprint density at radius 1 is 1.21 bits per heavy atom. The van der Waals surface area contributed by atoms with E-state index in [-0.39, 0.29) is 6.10 Å². The summed E-state index contributed by atoms with van der Waals surface area (Å²) < 4.78 is 4.81. The van der Waals surface area contributed by atoms with Crippen molar-refractivity contribution >= 4 is 22.4 Å². The van der Waals surface area contributed by atoms with E-state index in [9.17, 15) is 5.11 Å². The van der Waals surface area contributed by atoms with Crippen LogP contribution < -0.4 is 10.6 Å². The second kappa shape index (κ2) is 3.84. The van der Waals surface area contributed by atoms with Crippen molar-refractivity contribution in [1.82, 2.24) is 10.3 Å². The number of nitrogens with zero attached hydrogens (tertiary/aromatic N) is 3. The number of benzene rings is 1. The molecule has 19 heavy (non-hydrogen) atoms. The van der Waals surface area contributed by atoms with E-state index in [1.807, 2.05) is 12.1 Å². The van der Waals surface area contributed by atoms with Crippen LogP contribution in [0.1, 0.15) is 12.8 Å². The minimum atomic E-state index is -0.158. The van der Waals surface area contributed by atoms with Gasteiger partial charge in [-0.1, -0.05) is 0 Å². The number of aliphatic hydroxyl groups is 1. The van der Waals surface area contributed by atoms with Crippen molar-refractivity contribution in [2.75, 3.05) is 23.7 Å². The van der Waals surface area contributed by atoms with Gasteiger partial charge in [0.05, 0.1) is 17.5 Å². The van der Waals surface area contributed by atoms with E-state index in [2.05, 4.69) is 15.2 Å². The second-order valence-corrected chi connectivity index (χ2v) is 5.61. The predicted octanol–water partition coefficient (Wildman–Crippen LogP) is 1.01. The number of hydrogen-bond donors (Lipinski definition) is 2. The minimum Gasteiger partial charge on any atom is -0.397 e. The molecule has 3 atom stereocenters. The molecule has 2 heterocycles. The molecule has 3 N–H and O–H groups in total. The molecule has 4 rings (SSSR count). The maximum atomic E-state index is 9.99. The summed E-state index contributed by atoms with van der Waals surface area (Å²) in [4.78, 5) is 2.27. The fraction of sp³-hybridized carbons (Fsp3) is 0.538. The highest BCUT2D eigenvalue weighted by Crippen LogP contribution is 2.41. The first-order valence-corrected chi connectivity index (χ1v) is 6.68. The molecule has 2 aliphatic rings. The molecular formula is C13H16N4O2. The molecule has 1 aliphatic carbocycles. The van der Waals surface area contributed by atoms with Crippen molar-refractivity contribution < 1.29 is 9.74 Å². The summed E-state index contributed by atoms with van der Waals surface area (Å²) in [6.45, 7) is 1.84. The third-order valence-electron chi connectivity index (χ3n) is 4.59. The quantitative estimate of drug-likeness (QED) is 0.744. The van der Waals surface area contributed by atoms with Crippen LogP contribution in [-0.2, 0) is 0 Å². The minimum absolute atomic E-state index is 0.158. The lowest BCUT2D eigenvalue weighted by Crippen LogP contribution is -2.24. The molecule has 1 aromatic carbocycles. The number of nitrogens with two attached hydrogens (primary N) is 1. The molecule has 0 amide bonds. The number of hydrogen-bond acceptors (Lipinski definition) is 6. The van der Waals surface area contributed by atoms with E-state index < -0.39 is 0 Å². The maximum Gasteiger partial charge on any atom is 0.160 e. The number of aliphatic hydroxyl groups excluding tert-OH is 1. The lowest BCUT2D eigenvalue weighted by molar-refractivity contribution is 0.133. The predicted molar refractivity (Wildman–Crippen MR) is 70.7 cm³/mol. The van der Waals surface area contributed by atoms with Gasteiger partial charge in [-0.2, -0.15) is 0 Å². The topological polar surface area (TPSA) is 88.4 Å². The Balaban J connectivity index is 1.72. The summed E-state index contributed by atoms with van der Waals surface area (Å²) in [5.41, 5.74) is 8.79. The van der Waals surface area contributed by atoms with Gasteiger partial charge < -0.3 is 15.7 Å². The van der Waals surface area contributed by atoms with Crippen LogP contribution in [0.5, 0.6) is 0 Å². The van der Waals surface area contributed by atoms with Crippen molar-refractivity contribution in [3.05, 3.63) is 12.1 Å². The zero-order valence-electron chi connectivity index (χ0n) is 10.5. The van der Waals surface area contributed by atoms with E-state index >= 15 is 0 Å². The average Bonchev–Trinajstić information content (AvgIpc) is 3.08. The highest BCUT2D eigenvalue weighted by atomic mass is 16.6. The van der Waals surface area contributed by atoms with Crippen LogP contribution in [0.3, 0.4) is 0 Å². The fourth-order valence-electron chi connectivity index (χ4n) is 3.56. The molecule has 1 saturated carbocycles. The monoisotopic (exact) mass is 260 g/mol. The zero-order chi connectivity index (χ0) is 13.0. The summed E-state index contributed by atoms with van der Waals surface area (Å²) in [6, 6.07) is 3.81. The number of rotatable bonds is 1. The normalized spacial score (nSPS) is 30.2. The van der Waals surface area contributed by atoms with E-state index in [1.54, 1.807) is 0 Å². The molecule has 3 unspecified atom stereocenters. The van der Waals surface area contributed by atoms with E-state index in [1.165, 1.54) is 0 Å². The Kier molecular flexibility index (Phi) is 2.23. The average molecular weight is 260 g/mol. The first-order chi connectivity index (χ1) is 9.24. The molecule has 0 spiro atoms. The van der Waals surface area contributed by atoms with Crippen LogP contribution in [0.25, 0.3) is 11.0 Å². The molecule has 1 aliphatic heterocycles. The van der Waals surface area contributed by atoms with Crippen molar-refractivity contribution in [2.24, 2.45) is 11.8 Å². The van der Waals surface area contributed by atoms with E-state index in [0.29, 0.717) is 23.0 Å². The summed E-state index contributed by atoms with van der Waals surface area (Å²) >= 11 is 0. The third kappa shape index (κ3) is 1.53. The fourth-order valence-corrected chi connectivity index (χ4v) is 3.56. The standard InChI is InChI=1S/C13H16N4O2/c14-9-2-3-10(13-12(9)15-19-16-13)17-5-7-1-4-11(18)8(7)6-17/h2-3,7-8,11,18H,1,4-6,14H2. The highest BCUT2D eigenvalue weighted by Gasteiger charge is 2.42. The first kappa shape index (κ1) is 11.0. The Morgan fingerprint density at radius 3 is 2.89 bits per heavy atom. The SMILES string of the molecule is Nc1ccc(N2CC3CCC(O)C3C2)c2nonc12. The Bertz CT molecular complexity index is 626. The van der Waals surface area contributed by atoms with Gasteiger partial charge >= 0.3 is 0 Å². The Labute approximate surface area is 110 Å². The van der Waals surface area contributed by atoms with E-state index in [4.69, 9.17) is 10.4 Å². The highest BCUT2D eigenvalue weighted by molar-refractivity contribution is 5.95. The van der Waals surface area contributed by atoms with E-state index in [0.717, 1.165) is 37.1 Å². The molecule has 1 aromatic heterocycles. The van der Waals surface area contributed by atoms with Gasteiger partial charge in [-0.05, 0) is 41.2 Å². The second-order valence-electron chi connectivity index (χ2n) is 5.61. The largest absolute Gasteiger partial charge is 0.397 e. The number of fused-ring (bicyclic) bond motifs is 2. The molecular weight excluding hydrogens is 244 g/mol. The van der Waals surface area contributed by atoms with Crippen molar-refractivity contribution in [3.8, 4) is 0 Å². The number of nitrogen functional groups attached to an aromatic ring is 1. The van der Waals surface area contributed by atoms with Crippen molar-refractivity contribution in [2.45, 2.75) is 18.9 Å². The maximum absolute atomic E-state index is 9.99. The van der Waals surface area contributed by atoms with Crippen LogP contribution >= 0.6 is 0 Å². The first-order valence-electron chi connectivity index (χ1n) is 6.68. The van der Waals surface area contributed by atoms with Crippen LogP contribution in [-0.4, -0.2) is 34.6 Å². The van der Waals surface area contributed by atoms with Crippen LogP contribution in [0.4, 0.5) is 11.4 Å². The van der Waals surface area contributed by atoms with Gasteiger partial charge in [0.1, 0.15) is 0 Å². The third-order valence-corrected chi connectivity index (χ3v) is 4.59. The van der Waals surface area contributed by atoms with Gasteiger partial charge in [0.15, 0.2) is 11.0 Å². The number of aromatic nitrogens is 2. The Hall–Kier alpha value is -1.82. The summed E-state index contributed by atoms with van der Waals surface area (Å²) in [5.74, 6) is 0.968. The molecule has 100 valence electrons. The van der Waals surface area contributed by atoms with Gasteiger partial charge in [-0.25, -0.2) is 4.63 Å². The molecule has 6 nitrogen and oxygen atoms in total. The van der Waals surface area contributed by atoms with Crippen molar-refractivity contribution in [1.29, 1.82) is 0 Å². The summed E-state index contributed by atoms with van der Waals surface area (Å²) in [6.07, 6.45) is 1.89. The number of anilines is 2. The zero-order valence-corrected chi connectivity index (χ0v) is 10.5. The molecule has 1 saturated heterocycles.